The van der Waals surface area contributed by atoms with Gasteiger partial charge in [-0.1, -0.05) is 28.9 Å². The molecule has 0 aliphatic rings. The molecule has 1 aromatic heterocycles. The lowest BCUT2D eigenvalue weighted by Crippen LogP contribution is -2.24. The highest BCUT2D eigenvalue weighted by molar-refractivity contribution is 9.10. The normalized spacial score (nSPS) is 10.6. The van der Waals surface area contributed by atoms with Crippen LogP contribution in [0.1, 0.15) is 28.5 Å². The number of nitrogens with zero attached hydrogens (tertiary/aromatic N) is 2. The van der Waals surface area contributed by atoms with E-state index >= 15 is 0 Å². The Kier molecular flexibility index (Phi) is 4.04. The first-order chi connectivity index (χ1) is 9.43. The number of hydrogen-bond donors (Lipinski definition) is 1. The van der Waals surface area contributed by atoms with Crippen LogP contribution >= 0.6 is 15.9 Å². The molecule has 2 aromatic rings. The van der Waals surface area contributed by atoms with Gasteiger partial charge < -0.3 is 5.11 Å². The maximum Gasteiger partial charge on any atom is 0.337 e. The number of aryl methyl sites for hydroxylation is 2. The summed E-state index contributed by atoms with van der Waals surface area (Å²) in [6, 6.07) is 6.53. The average Bonchev–Trinajstić information content (AvgIpc) is 2.41. The van der Waals surface area contributed by atoms with Crippen molar-refractivity contribution in [2.75, 3.05) is 0 Å². The summed E-state index contributed by atoms with van der Waals surface area (Å²) < 4.78 is 2.08. The fourth-order valence-electron chi connectivity index (χ4n) is 1.84. The van der Waals surface area contributed by atoms with E-state index < -0.39 is 11.5 Å². The zero-order chi connectivity index (χ0) is 14.9. The van der Waals surface area contributed by atoms with E-state index in [-0.39, 0.29) is 5.56 Å². The second-order valence-corrected chi connectivity index (χ2v) is 5.20. The molecule has 0 fully saturated rings. The number of halogens is 1. The summed E-state index contributed by atoms with van der Waals surface area (Å²) in [5.41, 5.74) is 1.52. The zero-order valence-electron chi connectivity index (χ0n) is 11.1. The Balaban J connectivity index is 2.66. The first kappa shape index (κ1) is 14.5. The van der Waals surface area contributed by atoms with Gasteiger partial charge in [-0.25, -0.2) is 4.79 Å². The molecule has 0 amide bonds. The van der Waals surface area contributed by atoms with Crippen molar-refractivity contribution < 1.29 is 9.90 Å². The number of rotatable bonds is 3. The smallest absolute Gasteiger partial charge is 0.337 e. The molecule has 1 heterocycles. The van der Waals surface area contributed by atoms with Crippen LogP contribution in [0.3, 0.4) is 0 Å². The minimum atomic E-state index is -1.14. The lowest BCUT2D eigenvalue weighted by molar-refractivity contribution is 0.0694. The molecule has 104 valence electrons. The van der Waals surface area contributed by atoms with E-state index in [2.05, 4.69) is 21.0 Å². The van der Waals surface area contributed by atoms with E-state index in [1.54, 1.807) is 19.1 Å². The lowest BCUT2D eigenvalue weighted by Gasteiger charge is -2.09. The standard InChI is InChI=1S/C14H13BrN2O3/c1-3-12-10(14(19)20)7-13(18)17(16-12)9-5-4-8(2)11(15)6-9/h4-7H,3H2,1-2H3,(H,19,20). The van der Waals surface area contributed by atoms with E-state index in [0.717, 1.165) is 16.1 Å². The summed E-state index contributed by atoms with van der Waals surface area (Å²) in [5, 5.41) is 13.2. The van der Waals surface area contributed by atoms with Crippen LogP contribution < -0.4 is 5.56 Å². The van der Waals surface area contributed by atoms with Gasteiger partial charge in [0, 0.05) is 10.5 Å². The third-order valence-electron chi connectivity index (χ3n) is 2.97. The van der Waals surface area contributed by atoms with Crippen LogP contribution in [0, 0.1) is 6.92 Å². The molecule has 6 heteroatoms. The second-order valence-electron chi connectivity index (χ2n) is 4.35. The van der Waals surface area contributed by atoms with E-state index in [0.29, 0.717) is 17.8 Å². The van der Waals surface area contributed by atoms with Gasteiger partial charge in [-0.15, -0.1) is 0 Å². The van der Waals surface area contributed by atoms with Gasteiger partial charge in [0.05, 0.1) is 16.9 Å². The van der Waals surface area contributed by atoms with Crippen LogP contribution in [0.15, 0.2) is 33.5 Å². The first-order valence-electron chi connectivity index (χ1n) is 6.07. The summed E-state index contributed by atoms with van der Waals surface area (Å²) in [6.45, 7) is 3.74. The van der Waals surface area contributed by atoms with Crippen molar-refractivity contribution in [3.8, 4) is 5.69 Å². The minimum absolute atomic E-state index is 0.0417. The van der Waals surface area contributed by atoms with Crippen LogP contribution in [0.5, 0.6) is 0 Å². The molecule has 0 unspecified atom stereocenters. The highest BCUT2D eigenvalue weighted by Crippen LogP contribution is 2.19. The van der Waals surface area contributed by atoms with Gasteiger partial charge in [0.25, 0.3) is 5.56 Å². The van der Waals surface area contributed by atoms with Crippen LogP contribution in [0.2, 0.25) is 0 Å². The number of benzene rings is 1. The zero-order valence-corrected chi connectivity index (χ0v) is 12.6. The van der Waals surface area contributed by atoms with E-state index in [1.165, 1.54) is 4.68 Å². The number of carbonyl (C=O) groups is 1. The largest absolute Gasteiger partial charge is 0.478 e. The lowest BCUT2D eigenvalue weighted by atomic mass is 10.1. The molecule has 0 saturated carbocycles. The Morgan fingerprint density at radius 2 is 2.10 bits per heavy atom. The van der Waals surface area contributed by atoms with Crippen LogP contribution in [0.25, 0.3) is 5.69 Å². The molecular formula is C14H13BrN2O3. The van der Waals surface area contributed by atoms with Crippen molar-refractivity contribution in [2.24, 2.45) is 0 Å². The number of aromatic nitrogens is 2. The summed E-state index contributed by atoms with van der Waals surface area (Å²) >= 11 is 3.40. The van der Waals surface area contributed by atoms with Crippen molar-refractivity contribution in [1.82, 2.24) is 9.78 Å². The van der Waals surface area contributed by atoms with Crippen molar-refractivity contribution >= 4 is 21.9 Å². The van der Waals surface area contributed by atoms with E-state index in [4.69, 9.17) is 5.11 Å². The molecular weight excluding hydrogens is 324 g/mol. The van der Waals surface area contributed by atoms with Crippen molar-refractivity contribution in [3.05, 3.63) is 55.9 Å². The van der Waals surface area contributed by atoms with Crippen molar-refractivity contribution in [3.63, 3.8) is 0 Å². The summed E-state index contributed by atoms with van der Waals surface area (Å²) in [7, 11) is 0. The molecule has 0 saturated heterocycles. The maximum atomic E-state index is 12.0. The van der Waals surface area contributed by atoms with Gasteiger partial charge in [-0.3, -0.25) is 4.79 Å². The number of aromatic carboxylic acids is 1. The Morgan fingerprint density at radius 3 is 2.65 bits per heavy atom. The highest BCUT2D eigenvalue weighted by Gasteiger charge is 2.14. The highest BCUT2D eigenvalue weighted by atomic mass is 79.9. The van der Waals surface area contributed by atoms with Crippen LogP contribution in [-0.4, -0.2) is 20.9 Å². The maximum absolute atomic E-state index is 12.0. The van der Waals surface area contributed by atoms with Crippen molar-refractivity contribution in [2.45, 2.75) is 20.3 Å². The first-order valence-corrected chi connectivity index (χ1v) is 6.86. The third-order valence-corrected chi connectivity index (χ3v) is 3.83. The molecule has 1 aromatic carbocycles. The predicted molar refractivity (Wildman–Crippen MR) is 78.6 cm³/mol. The third kappa shape index (κ3) is 2.65. The molecule has 20 heavy (non-hydrogen) atoms. The molecule has 2 rings (SSSR count). The van der Waals surface area contributed by atoms with Crippen molar-refractivity contribution in [1.29, 1.82) is 0 Å². The monoisotopic (exact) mass is 336 g/mol. The molecule has 0 atom stereocenters. The van der Waals surface area contributed by atoms with E-state index in [9.17, 15) is 9.59 Å². The molecule has 0 radical (unpaired) electrons. The van der Waals surface area contributed by atoms with Crippen LogP contribution in [0.4, 0.5) is 0 Å². The molecule has 0 aliphatic heterocycles. The molecule has 0 bridgehead atoms. The van der Waals surface area contributed by atoms with Gasteiger partial charge in [0.2, 0.25) is 0 Å². The Bertz CT molecular complexity index is 738. The summed E-state index contributed by atoms with van der Waals surface area (Å²) in [6.07, 6.45) is 0.439. The quantitative estimate of drug-likeness (QED) is 0.934. The fourth-order valence-corrected chi connectivity index (χ4v) is 2.20. The van der Waals surface area contributed by atoms with Gasteiger partial charge in [0.15, 0.2) is 0 Å². The average molecular weight is 337 g/mol. The fraction of sp³-hybridized carbons (Fsp3) is 0.214. The topological polar surface area (TPSA) is 72.2 Å². The number of carboxylic acids is 1. The van der Waals surface area contributed by atoms with E-state index in [1.807, 2.05) is 13.0 Å². The SMILES string of the molecule is CCc1nn(-c2ccc(C)c(Br)c2)c(=O)cc1C(=O)O. The van der Waals surface area contributed by atoms with Crippen LogP contribution in [-0.2, 0) is 6.42 Å². The predicted octanol–water partition coefficient (Wildman–Crippen LogP) is 2.56. The van der Waals surface area contributed by atoms with Gasteiger partial charge >= 0.3 is 5.97 Å². The Labute approximate surface area is 124 Å². The Morgan fingerprint density at radius 1 is 1.40 bits per heavy atom. The molecule has 0 aliphatic carbocycles. The number of carboxylic acid groups (broad SMARTS) is 1. The second kappa shape index (κ2) is 5.58. The molecule has 0 spiro atoms. The summed E-state index contributed by atoms with van der Waals surface area (Å²) in [4.78, 5) is 23.1. The number of hydrogen-bond acceptors (Lipinski definition) is 3. The Hall–Kier alpha value is -1.95. The summed E-state index contributed by atoms with van der Waals surface area (Å²) in [5.74, 6) is -1.14. The minimum Gasteiger partial charge on any atom is -0.478 e. The molecule has 5 nitrogen and oxygen atoms in total. The van der Waals surface area contributed by atoms with Gasteiger partial charge in [-0.05, 0) is 31.0 Å². The molecule has 1 N–H and O–H groups in total. The van der Waals surface area contributed by atoms with Gasteiger partial charge in [0.1, 0.15) is 0 Å². The van der Waals surface area contributed by atoms with Gasteiger partial charge in [-0.2, -0.15) is 9.78 Å².